The molecular formula is C21H14ClN5O4. The number of furan rings is 1. The van der Waals surface area contributed by atoms with Crippen molar-refractivity contribution in [2.24, 2.45) is 0 Å². The number of rotatable bonds is 4. The molecule has 0 fully saturated rings. The fourth-order valence-electron chi connectivity index (χ4n) is 3.35. The number of aromatic nitrogens is 5. The number of ketones is 1. The lowest BCUT2D eigenvalue weighted by Crippen LogP contribution is -2.06. The van der Waals surface area contributed by atoms with Gasteiger partial charge in [0.1, 0.15) is 11.3 Å². The smallest absolute Gasteiger partial charge is 0.243 e. The number of nitrogens with one attached hydrogen (secondary N) is 1. The van der Waals surface area contributed by atoms with Gasteiger partial charge in [0.15, 0.2) is 17.2 Å². The van der Waals surface area contributed by atoms with Crippen LogP contribution >= 0.6 is 11.6 Å². The Morgan fingerprint density at radius 1 is 1.13 bits per heavy atom. The van der Waals surface area contributed by atoms with Crippen molar-refractivity contribution in [1.29, 1.82) is 0 Å². The summed E-state index contributed by atoms with van der Waals surface area (Å²) in [4.78, 5) is 28.8. The third kappa shape index (κ3) is 3.03. The molecule has 4 heterocycles. The summed E-state index contributed by atoms with van der Waals surface area (Å²) < 4.78 is 6.64. The number of carbonyl (C=O) groups excluding carboxylic acids is 1. The highest BCUT2D eigenvalue weighted by atomic mass is 35.5. The topological polar surface area (TPSA) is 130 Å². The van der Waals surface area contributed by atoms with Gasteiger partial charge in [-0.2, -0.15) is 4.98 Å². The second-order valence-electron chi connectivity index (χ2n) is 6.79. The quantitative estimate of drug-likeness (QED) is 0.363. The van der Waals surface area contributed by atoms with Gasteiger partial charge in [-0.15, -0.1) is 0 Å². The zero-order chi connectivity index (χ0) is 21.7. The van der Waals surface area contributed by atoms with Crippen LogP contribution in [-0.4, -0.2) is 40.5 Å². The number of carbonyl (C=O) groups is 1. The van der Waals surface area contributed by atoms with E-state index in [4.69, 9.17) is 16.0 Å². The first-order valence-electron chi connectivity index (χ1n) is 9.14. The van der Waals surface area contributed by atoms with Gasteiger partial charge >= 0.3 is 0 Å². The van der Waals surface area contributed by atoms with Crippen LogP contribution in [0, 0.1) is 6.92 Å². The summed E-state index contributed by atoms with van der Waals surface area (Å²) in [6.45, 7) is 1.70. The van der Waals surface area contributed by atoms with Crippen LogP contribution in [0.3, 0.4) is 0 Å². The maximum Gasteiger partial charge on any atom is 0.243 e. The zero-order valence-corrected chi connectivity index (χ0v) is 16.8. The van der Waals surface area contributed by atoms with E-state index in [2.05, 4.69) is 19.9 Å². The number of imidazole rings is 1. The largest absolute Gasteiger partial charge is 0.503 e. The minimum atomic E-state index is -0.616. The van der Waals surface area contributed by atoms with Crippen LogP contribution in [0.15, 0.2) is 53.3 Å². The van der Waals surface area contributed by atoms with Crippen molar-refractivity contribution in [2.45, 2.75) is 6.92 Å². The molecule has 0 saturated carbocycles. The monoisotopic (exact) mass is 435 g/mol. The average molecular weight is 436 g/mol. The summed E-state index contributed by atoms with van der Waals surface area (Å²) in [5, 5.41) is 22.0. The fourth-order valence-corrected chi connectivity index (χ4v) is 3.48. The normalized spacial score (nSPS) is 11.3. The standard InChI is InChI=1S/C21H14ClN5O4/c1-10-2-7-14(31-10)17(28)15-16(11-3-5-12(22)6-4-11)27(20(30)18(15)29)21-23-8-13-19(26-21)25-9-24-13/h2-9,29-30H,1H3,(H,23,24,25,26). The lowest BCUT2D eigenvalue weighted by atomic mass is 10.0. The van der Waals surface area contributed by atoms with E-state index in [1.54, 1.807) is 37.3 Å². The number of nitrogens with zero attached hydrogens (tertiary/aromatic N) is 4. The molecule has 0 atom stereocenters. The second kappa shape index (κ2) is 6.99. The summed E-state index contributed by atoms with van der Waals surface area (Å²) in [5.74, 6) is -1.24. The molecule has 0 unspecified atom stereocenters. The summed E-state index contributed by atoms with van der Waals surface area (Å²) in [6, 6.07) is 9.71. The summed E-state index contributed by atoms with van der Waals surface area (Å²) in [6.07, 6.45) is 2.95. The minimum absolute atomic E-state index is 0.0174. The Morgan fingerprint density at radius 3 is 2.61 bits per heavy atom. The molecule has 9 nitrogen and oxygen atoms in total. The van der Waals surface area contributed by atoms with Gasteiger partial charge in [-0.3, -0.25) is 4.79 Å². The van der Waals surface area contributed by atoms with Gasteiger partial charge in [-0.05, 0) is 36.8 Å². The molecule has 0 amide bonds. The number of benzene rings is 1. The molecule has 3 N–H and O–H groups in total. The molecule has 0 aliphatic heterocycles. The van der Waals surface area contributed by atoms with Gasteiger partial charge in [-0.1, -0.05) is 23.7 Å². The lowest BCUT2D eigenvalue weighted by Gasteiger charge is -2.10. The van der Waals surface area contributed by atoms with Crippen molar-refractivity contribution in [1.82, 2.24) is 24.5 Å². The number of H-pyrrole nitrogens is 1. The number of aryl methyl sites for hydroxylation is 1. The Hall–Kier alpha value is -4.11. The Morgan fingerprint density at radius 2 is 1.90 bits per heavy atom. The molecule has 4 aromatic heterocycles. The fraction of sp³-hybridized carbons (Fsp3) is 0.0476. The van der Waals surface area contributed by atoms with E-state index < -0.39 is 17.4 Å². The molecule has 0 bridgehead atoms. The minimum Gasteiger partial charge on any atom is -0.503 e. The molecule has 31 heavy (non-hydrogen) atoms. The van der Waals surface area contributed by atoms with Crippen LogP contribution in [0.25, 0.3) is 28.4 Å². The van der Waals surface area contributed by atoms with Crippen molar-refractivity contribution in [3.05, 3.63) is 71.0 Å². The number of halogens is 1. The lowest BCUT2D eigenvalue weighted by molar-refractivity contribution is 0.101. The summed E-state index contributed by atoms with van der Waals surface area (Å²) >= 11 is 6.02. The highest BCUT2D eigenvalue weighted by molar-refractivity contribution is 6.30. The van der Waals surface area contributed by atoms with Gasteiger partial charge in [-0.25, -0.2) is 14.5 Å². The van der Waals surface area contributed by atoms with Gasteiger partial charge in [0.05, 0.1) is 23.8 Å². The van der Waals surface area contributed by atoms with Gasteiger partial charge < -0.3 is 19.6 Å². The van der Waals surface area contributed by atoms with Crippen LogP contribution in [0.1, 0.15) is 21.9 Å². The molecule has 5 aromatic rings. The first kappa shape index (κ1) is 18.9. The van der Waals surface area contributed by atoms with Crippen molar-refractivity contribution in [3.8, 4) is 28.8 Å². The highest BCUT2D eigenvalue weighted by Crippen LogP contribution is 2.43. The molecule has 0 aliphatic carbocycles. The zero-order valence-electron chi connectivity index (χ0n) is 16.0. The molecule has 0 spiro atoms. The van der Waals surface area contributed by atoms with E-state index >= 15 is 0 Å². The molecule has 0 aliphatic rings. The molecule has 10 heteroatoms. The molecular weight excluding hydrogens is 422 g/mol. The predicted octanol–water partition coefficient (Wildman–Crippen LogP) is 4.01. The molecule has 1 aromatic carbocycles. The van der Waals surface area contributed by atoms with Crippen molar-refractivity contribution in [2.75, 3.05) is 0 Å². The third-order valence-electron chi connectivity index (χ3n) is 4.79. The van der Waals surface area contributed by atoms with E-state index in [1.807, 2.05) is 0 Å². The summed E-state index contributed by atoms with van der Waals surface area (Å²) in [5.41, 5.74) is 1.47. The highest BCUT2D eigenvalue weighted by Gasteiger charge is 2.32. The average Bonchev–Trinajstić information content (AvgIpc) is 3.46. The van der Waals surface area contributed by atoms with E-state index in [0.29, 0.717) is 27.5 Å². The van der Waals surface area contributed by atoms with E-state index in [9.17, 15) is 15.0 Å². The van der Waals surface area contributed by atoms with Crippen molar-refractivity contribution >= 4 is 28.5 Å². The number of aromatic hydroxyl groups is 2. The Labute approximate surface area is 179 Å². The summed E-state index contributed by atoms with van der Waals surface area (Å²) in [7, 11) is 0. The molecule has 154 valence electrons. The molecule has 0 saturated heterocycles. The van der Waals surface area contributed by atoms with Crippen molar-refractivity contribution in [3.63, 3.8) is 0 Å². The van der Waals surface area contributed by atoms with E-state index in [0.717, 1.165) is 0 Å². The molecule has 0 radical (unpaired) electrons. The predicted molar refractivity (Wildman–Crippen MR) is 112 cm³/mol. The van der Waals surface area contributed by atoms with Gasteiger partial charge in [0.2, 0.25) is 17.6 Å². The Kier molecular flexibility index (Phi) is 4.26. The Bertz CT molecular complexity index is 1450. The number of fused-ring (bicyclic) bond motifs is 1. The number of aromatic amines is 1. The van der Waals surface area contributed by atoms with Crippen molar-refractivity contribution < 1.29 is 19.4 Å². The van der Waals surface area contributed by atoms with Crippen LogP contribution in [0.4, 0.5) is 0 Å². The SMILES string of the molecule is Cc1ccc(C(=O)c2c(O)c(O)n(-c3ncc4[nH]cnc4n3)c2-c2ccc(Cl)cc2)o1. The van der Waals surface area contributed by atoms with Crippen LogP contribution in [-0.2, 0) is 0 Å². The first-order chi connectivity index (χ1) is 14.9. The molecule has 5 rings (SSSR count). The van der Waals surface area contributed by atoms with Gasteiger partial charge in [0, 0.05) is 5.02 Å². The first-order valence-corrected chi connectivity index (χ1v) is 9.52. The van der Waals surface area contributed by atoms with Crippen LogP contribution < -0.4 is 0 Å². The van der Waals surface area contributed by atoms with Gasteiger partial charge in [0.25, 0.3) is 0 Å². The Balaban J connectivity index is 1.81. The van der Waals surface area contributed by atoms with E-state index in [-0.39, 0.29) is 23.0 Å². The maximum atomic E-state index is 13.2. The van der Waals surface area contributed by atoms with Crippen LogP contribution in [0.2, 0.25) is 5.02 Å². The maximum absolute atomic E-state index is 13.2. The van der Waals surface area contributed by atoms with E-state index in [1.165, 1.54) is 23.2 Å². The third-order valence-corrected chi connectivity index (χ3v) is 5.04. The number of hydrogen-bond acceptors (Lipinski definition) is 7. The second-order valence-corrected chi connectivity index (χ2v) is 7.22. The van der Waals surface area contributed by atoms with Crippen LogP contribution in [0.5, 0.6) is 11.6 Å². The number of hydrogen-bond donors (Lipinski definition) is 3.